The summed E-state index contributed by atoms with van der Waals surface area (Å²) in [6.45, 7) is -0.198. The molecule has 0 spiro atoms. The van der Waals surface area contributed by atoms with Gasteiger partial charge in [0.25, 0.3) is 0 Å². The number of methoxy groups -OCH3 is 1. The van der Waals surface area contributed by atoms with Gasteiger partial charge in [-0.1, -0.05) is 5.16 Å². The van der Waals surface area contributed by atoms with Gasteiger partial charge < -0.3 is 9.57 Å². The Morgan fingerprint density at radius 3 is 3.14 bits per heavy atom. The monoisotopic (exact) mass is 202 g/mol. The summed E-state index contributed by atoms with van der Waals surface area (Å²) in [6.07, 6.45) is -0.247. The minimum Gasteiger partial charge on any atom is -0.466 e. The first-order valence-corrected chi connectivity index (χ1v) is 4.04. The fourth-order valence-electron chi connectivity index (χ4n) is 1.05. The van der Waals surface area contributed by atoms with Crippen LogP contribution in [0.3, 0.4) is 0 Å². The standard InChI is InChI=1S/C7H10N2O5/c1-13-7(10)6-4-5(8-14-6)2-3-9(11)12/h6H,2-4H2,1H3. The van der Waals surface area contributed by atoms with Gasteiger partial charge in [-0.3, -0.25) is 10.1 Å². The van der Waals surface area contributed by atoms with Crippen LogP contribution in [0.1, 0.15) is 12.8 Å². The molecule has 1 unspecified atom stereocenters. The van der Waals surface area contributed by atoms with Crippen LogP contribution in [0.4, 0.5) is 0 Å². The second kappa shape index (κ2) is 4.54. The summed E-state index contributed by atoms with van der Waals surface area (Å²) in [4.78, 5) is 25.3. The SMILES string of the molecule is COC(=O)C1CC(CC[N+](=O)[O-])=NO1. The van der Waals surface area contributed by atoms with Gasteiger partial charge in [0, 0.05) is 11.3 Å². The first kappa shape index (κ1) is 10.4. The predicted molar refractivity (Wildman–Crippen MR) is 45.4 cm³/mol. The molecule has 0 amide bonds. The van der Waals surface area contributed by atoms with Crippen LogP contribution in [-0.4, -0.2) is 36.4 Å². The van der Waals surface area contributed by atoms with Crippen molar-refractivity contribution in [3.63, 3.8) is 0 Å². The van der Waals surface area contributed by atoms with Gasteiger partial charge in [-0.25, -0.2) is 4.79 Å². The zero-order chi connectivity index (χ0) is 10.6. The smallest absolute Gasteiger partial charge is 0.350 e. The summed E-state index contributed by atoms with van der Waals surface area (Å²) in [5, 5.41) is 13.6. The Kier molecular flexibility index (Phi) is 3.38. The topological polar surface area (TPSA) is 91.0 Å². The summed E-state index contributed by atoms with van der Waals surface area (Å²) < 4.78 is 4.44. The number of oxime groups is 1. The molecule has 78 valence electrons. The molecule has 0 radical (unpaired) electrons. The number of carbonyl (C=O) groups excluding carboxylic acids is 1. The van der Waals surface area contributed by atoms with E-state index in [9.17, 15) is 14.9 Å². The largest absolute Gasteiger partial charge is 0.466 e. The molecule has 7 heteroatoms. The molecule has 0 bridgehead atoms. The molecule has 1 aliphatic heterocycles. The number of nitrogens with zero attached hydrogens (tertiary/aromatic N) is 2. The molecule has 1 rings (SSSR count). The van der Waals surface area contributed by atoms with E-state index in [2.05, 4.69) is 9.89 Å². The molecular weight excluding hydrogens is 192 g/mol. The fraction of sp³-hybridized carbons (Fsp3) is 0.714. The average Bonchev–Trinajstić information content (AvgIpc) is 2.62. The Balaban J connectivity index is 2.32. The minimum atomic E-state index is -0.734. The average molecular weight is 202 g/mol. The minimum absolute atomic E-state index is 0.198. The van der Waals surface area contributed by atoms with Crippen molar-refractivity contribution in [1.82, 2.24) is 0 Å². The van der Waals surface area contributed by atoms with Crippen molar-refractivity contribution in [3.05, 3.63) is 10.1 Å². The first-order valence-electron chi connectivity index (χ1n) is 4.04. The number of rotatable bonds is 4. The Morgan fingerprint density at radius 1 is 1.86 bits per heavy atom. The van der Waals surface area contributed by atoms with Gasteiger partial charge in [-0.2, -0.15) is 0 Å². The van der Waals surface area contributed by atoms with Gasteiger partial charge in [0.1, 0.15) is 0 Å². The number of hydrogen-bond acceptors (Lipinski definition) is 6. The number of hydrogen-bond donors (Lipinski definition) is 0. The maximum atomic E-state index is 10.9. The molecule has 0 aromatic carbocycles. The van der Waals surface area contributed by atoms with Crippen LogP contribution in [0.5, 0.6) is 0 Å². The number of nitro groups is 1. The van der Waals surface area contributed by atoms with Crippen molar-refractivity contribution in [2.45, 2.75) is 18.9 Å². The van der Waals surface area contributed by atoms with E-state index in [0.717, 1.165) is 0 Å². The maximum Gasteiger partial charge on any atom is 0.350 e. The molecule has 0 N–H and O–H groups in total. The molecular formula is C7H10N2O5. The zero-order valence-electron chi connectivity index (χ0n) is 7.63. The Hall–Kier alpha value is -1.66. The zero-order valence-corrected chi connectivity index (χ0v) is 7.63. The van der Waals surface area contributed by atoms with Crippen LogP contribution in [-0.2, 0) is 14.4 Å². The highest BCUT2D eigenvalue weighted by molar-refractivity contribution is 5.91. The van der Waals surface area contributed by atoms with E-state index in [1.54, 1.807) is 0 Å². The quantitative estimate of drug-likeness (QED) is 0.362. The third-order valence-electron chi connectivity index (χ3n) is 1.78. The molecule has 1 aliphatic rings. The number of ether oxygens (including phenoxy) is 1. The van der Waals surface area contributed by atoms with Crippen molar-refractivity contribution in [2.24, 2.45) is 5.16 Å². The van der Waals surface area contributed by atoms with Crippen LogP contribution in [0, 0.1) is 10.1 Å². The molecule has 7 nitrogen and oxygen atoms in total. The number of carbonyl (C=O) groups is 1. The van der Waals surface area contributed by atoms with Gasteiger partial charge in [0.15, 0.2) is 0 Å². The van der Waals surface area contributed by atoms with Crippen molar-refractivity contribution in [3.8, 4) is 0 Å². The second-order valence-electron chi connectivity index (χ2n) is 2.79. The van der Waals surface area contributed by atoms with E-state index in [-0.39, 0.29) is 19.4 Å². The molecule has 14 heavy (non-hydrogen) atoms. The molecule has 1 atom stereocenters. The maximum absolute atomic E-state index is 10.9. The number of esters is 1. The fourth-order valence-corrected chi connectivity index (χ4v) is 1.05. The third kappa shape index (κ3) is 2.68. The summed E-state index contributed by atoms with van der Waals surface area (Å²) in [5.74, 6) is -0.509. The van der Waals surface area contributed by atoms with Crippen molar-refractivity contribution in [2.75, 3.05) is 13.7 Å². The molecule has 0 fully saturated rings. The lowest BCUT2D eigenvalue weighted by molar-refractivity contribution is -0.478. The highest BCUT2D eigenvalue weighted by Crippen LogP contribution is 2.13. The summed E-state index contributed by atoms with van der Waals surface area (Å²) in [6, 6.07) is 0. The molecule has 0 saturated heterocycles. The molecule has 0 aliphatic carbocycles. The van der Waals surface area contributed by atoms with Crippen LogP contribution >= 0.6 is 0 Å². The summed E-state index contributed by atoms with van der Waals surface area (Å²) >= 11 is 0. The van der Waals surface area contributed by atoms with Crippen molar-refractivity contribution < 1.29 is 19.3 Å². The van der Waals surface area contributed by atoms with Gasteiger partial charge in [0.05, 0.1) is 19.2 Å². The first-order chi connectivity index (χ1) is 6.63. The molecule has 1 heterocycles. The van der Waals surface area contributed by atoms with Crippen LogP contribution < -0.4 is 0 Å². The van der Waals surface area contributed by atoms with Gasteiger partial charge >= 0.3 is 5.97 Å². The lowest BCUT2D eigenvalue weighted by Gasteiger charge is -2.03. The lowest BCUT2D eigenvalue weighted by Crippen LogP contribution is -2.22. The highest BCUT2D eigenvalue weighted by atomic mass is 16.7. The Bertz CT molecular complexity index is 275. The van der Waals surface area contributed by atoms with Crippen LogP contribution in [0.15, 0.2) is 5.16 Å². The van der Waals surface area contributed by atoms with Crippen molar-refractivity contribution >= 4 is 11.7 Å². The second-order valence-corrected chi connectivity index (χ2v) is 2.79. The molecule has 0 aromatic rings. The van der Waals surface area contributed by atoms with Gasteiger partial charge in [-0.15, -0.1) is 0 Å². The van der Waals surface area contributed by atoms with Crippen molar-refractivity contribution in [1.29, 1.82) is 0 Å². The molecule has 0 saturated carbocycles. The highest BCUT2D eigenvalue weighted by Gasteiger charge is 2.29. The van der Waals surface area contributed by atoms with Gasteiger partial charge in [0.2, 0.25) is 12.6 Å². The lowest BCUT2D eigenvalue weighted by atomic mass is 10.1. The predicted octanol–water partition coefficient (Wildman–Crippen LogP) is -0.0289. The summed E-state index contributed by atoms with van der Waals surface area (Å²) in [5.41, 5.74) is 0.525. The molecule has 0 aromatic heterocycles. The Labute approximate surface area is 79.8 Å². The Morgan fingerprint density at radius 2 is 2.57 bits per heavy atom. The van der Waals surface area contributed by atoms with E-state index >= 15 is 0 Å². The van der Waals surface area contributed by atoms with E-state index in [4.69, 9.17) is 4.84 Å². The van der Waals surface area contributed by atoms with E-state index in [1.165, 1.54) is 7.11 Å². The van der Waals surface area contributed by atoms with Crippen LogP contribution in [0.2, 0.25) is 0 Å². The normalized spacial score (nSPS) is 19.8. The third-order valence-corrected chi connectivity index (χ3v) is 1.78. The van der Waals surface area contributed by atoms with Gasteiger partial charge in [-0.05, 0) is 0 Å². The van der Waals surface area contributed by atoms with E-state index in [0.29, 0.717) is 5.71 Å². The van der Waals surface area contributed by atoms with E-state index < -0.39 is 17.0 Å². The van der Waals surface area contributed by atoms with Crippen LogP contribution in [0.25, 0.3) is 0 Å². The van der Waals surface area contributed by atoms with E-state index in [1.807, 2.05) is 0 Å². The summed E-state index contributed by atoms with van der Waals surface area (Å²) in [7, 11) is 1.25.